The van der Waals surface area contributed by atoms with Crippen molar-refractivity contribution in [2.45, 2.75) is 18.9 Å². The van der Waals surface area contributed by atoms with Crippen LogP contribution in [0.2, 0.25) is 0 Å². The van der Waals surface area contributed by atoms with Gasteiger partial charge in [0.15, 0.2) is 11.5 Å². The zero-order valence-electron chi connectivity index (χ0n) is 11.2. The fraction of sp³-hybridized carbons (Fsp3) is 0.571. The molecule has 0 bridgehead atoms. The van der Waals surface area contributed by atoms with Gasteiger partial charge in [0.25, 0.3) is 0 Å². The third-order valence-electron chi connectivity index (χ3n) is 3.60. The van der Waals surface area contributed by atoms with E-state index in [1.807, 2.05) is 12.1 Å². The quantitative estimate of drug-likeness (QED) is 0.865. The molecule has 0 radical (unpaired) electrons. The van der Waals surface area contributed by atoms with Crippen LogP contribution < -0.4 is 15.2 Å². The number of nitrogens with zero attached hydrogens (tertiary/aromatic N) is 1. The smallest absolute Gasteiger partial charge is 0.165 e. The van der Waals surface area contributed by atoms with E-state index in [1.54, 1.807) is 14.2 Å². The minimum atomic E-state index is 0.220. The third kappa shape index (κ3) is 2.44. The van der Waals surface area contributed by atoms with Crippen LogP contribution in [0.1, 0.15) is 24.4 Å². The summed E-state index contributed by atoms with van der Waals surface area (Å²) in [5.41, 5.74) is 7.09. The van der Waals surface area contributed by atoms with Crippen molar-refractivity contribution in [3.05, 3.63) is 23.8 Å². The summed E-state index contributed by atoms with van der Waals surface area (Å²) >= 11 is 0. The average molecular weight is 250 g/mol. The van der Waals surface area contributed by atoms with Crippen molar-refractivity contribution in [2.24, 2.45) is 5.73 Å². The first-order valence-electron chi connectivity index (χ1n) is 6.46. The zero-order chi connectivity index (χ0) is 13.0. The van der Waals surface area contributed by atoms with E-state index in [0.29, 0.717) is 6.54 Å². The molecule has 0 unspecified atom stereocenters. The molecule has 2 rings (SSSR count). The fourth-order valence-electron chi connectivity index (χ4n) is 2.70. The highest BCUT2D eigenvalue weighted by Gasteiger charge is 2.25. The summed E-state index contributed by atoms with van der Waals surface area (Å²) in [6.45, 7) is 2.83. The van der Waals surface area contributed by atoms with Crippen LogP contribution in [0.5, 0.6) is 11.5 Å². The minimum absolute atomic E-state index is 0.220. The number of rotatable bonds is 5. The van der Waals surface area contributed by atoms with E-state index in [1.165, 1.54) is 12.8 Å². The van der Waals surface area contributed by atoms with Gasteiger partial charge in [0, 0.05) is 12.1 Å². The Labute approximate surface area is 109 Å². The first-order chi connectivity index (χ1) is 8.81. The molecule has 1 saturated heterocycles. The van der Waals surface area contributed by atoms with Crippen molar-refractivity contribution in [1.29, 1.82) is 0 Å². The summed E-state index contributed by atoms with van der Waals surface area (Å²) in [6, 6.07) is 6.21. The summed E-state index contributed by atoms with van der Waals surface area (Å²) < 4.78 is 10.9. The molecule has 1 heterocycles. The van der Waals surface area contributed by atoms with Crippen LogP contribution in [-0.4, -0.2) is 38.8 Å². The second kappa shape index (κ2) is 6.07. The van der Waals surface area contributed by atoms with Crippen molar-refractivity contribution >= 4 is 0 Å². The van der Waals surface area contributed by atoms with Gasteiger partial charge in [-0.1, -0.05) is 12.1 Å². The molecule has 2 N–H and O–H groups in total. The van der Waals surface area contributed by atoms with E-state index in [-0.39, 0.29) is 6.04 Å². The lowest BCUT2D eigenvalue weighted by molar-refractivity contribution is 0.243. The molecule has 100 valence electrons. The maximum atomic E-state index is 5.96. The number of hydrogen-bond donors (Lipinski definition) is 1. The Kier molecular flexibility index (Phi) is 4.44. The van der Waals surface area contributed by atoms with Gasteiger partial charge >= 0.3 is 0 Å². The SMILES string of the molecule is COc1cccc([C@H](CN)N2CCCC2)c1OC. The number of benzene rings is 1. The standard InChI is InChI=1S/C14H22N2O2/c1-17-13-7-5-6-11(14(13)18-2)12(10-15)16-8-3-4-9-16/h5-7,12H,3-4,8-10,15H2,1-2H3/t12-/m0/s1. The van der Waals surface area contributed by atoms with E-state index >= 15 is 0 Å². The molecule has 4 heteroatoms. The molecule has 0 spiro atoms. The van der Waals surface area contributed by atoms with Gasteiger partial charge < -0.3 is 15.2 Å². The van der Waals surface area contributed by atoms with E-state index in [4.69, 9.17) is 15.2 Å². The highest BCUT2D eigenvalue weighted by atomic mass is 16.5. The number of ether oxygens (including phenoxy) is 2. The maximum absolute atomic E-state index is 5.96. The van der Waals surface area contributed by atoms with Gasteiger partial charge in [-0.05, 0) is 32.0 Å². The Hall–Kier alpha value is -1.26. The molecule has 1 aromatic rings. The molecule has 0 aromatic heterocycles. The predicted molar refractivity (Wildman–Crippen MR) is 72.1 cm³/mol. The molecule has 1 fully saturated rings. The first-order valence-corrected chi connectivity index (χ1v) is 6.46. The van der Waals surface area contributed by atoms with Crippen LogP contribution in [0.25, 0.3) is 0 Å². The van der Waals surface area contributed by atoms with E-state index in [2.05, 4.69) is 11.0 Å². The Balaban J connectivity index is 2.34. The molecule has 1 aromatic carbocycles. The summed E-state index contributed by atoms with van der Waals surface area (Å²) in [4.78, 5) is 2.43. The lowest BCUT2D eigenvalue weighted by atomic mass is 10.0. The van der Waals surface area contributed by atoms with Crippen molar-refractivity contribution in [3.8, 4) is 11.5 Å². The van der Waals surface area contributed by atoms with Crippen LogP contribution in [0, 0.1) is 0 Å². The van der Waals surface area contributed by atoms with Crippen molar-refractivity contribution in [3.63, 3.8) is 0 Å². The second-order valence-corrected chi connectivity index (χ2v) is 4.58. The van der Waals surface area contributed by atoms with Gasteiger partial charge in [0.1, 0.15) is 0 Å². The van der Waals surface area contributed by atoms with Crippen LogP contribution >= 0.6 is 0 Å². The summed E-state index contributed by atoms with van der Waals surface area (Å²) in [5.74, 6) is 1.58. The Bertz CT molecular complexity index is 389. The van der Waals surface area contributed by atoms with Crippen molar-refractivity contribution < 1.29 is 9.47 Å². The fourth-order valence-corrected chi connectivity index (χ4v) is 2.70. The lowest BCUT2D eigenvalue weighted by Gasteiger charge is -2.28. The summed E-state index contributed by atoms with van der Waals surface area (Å²) in [5, 5.41) is 0. The molecule has 0 amide bonds. The number of para-hydroxylation sites is 1. The van der Waals surface area contributed by atoms with Crippen LogP contribution in [0.4, 0.5) is 0 Å². The van der Waals surface area contributed by atoms with E-state index in [9.17, 15) is 0 Å². The molecule has 0 saturated carbocycles. The lowest BCUT2D eigenvalue weighted by Crippen LogP contribution is -2.31. The largest absolute Gasteiger partial charge is 0.493 e. The predicted octanol–water partition coefficient (Wildman–Crippen LogP) is 1.80. The van der Waals surface area contributed by atoms with Gasteiger partial charge in [0.2, 0.25) is 0 Å². The number of nitrogens with two attached hydrogens (primary N) is 1. The number of methoxy groups -OCH3 is 2. The monoisotopic (exact) mass is 250 g/mol. The summed E-state index contributed by atoms with van der Waals surface area (Å²) in [7, 11) is 3.34. The van der Waals surface area contributed by atoms with Crippen molar-refractivity contribution in [1.82, 2.24) is 4.90 Å². The molecule has 18 heavy (non-hydrogen) atoms. The molecule has 4 nitrogen and oxygen atoms in total. The van der Waals surface area contributed by atoms with Gasteiger partial charge in [0.05, 0.1) is 20.3 Å². The number of hydrogen-bond acceptors (Lipinski definition) is 4. The van der Waals surface area contributed by atoms with Gasteiger partial charge in [-0.15, -0.1) is 0 Å². The number of likely N-dealkylation sites (tertiary alicyclic amines) is 1. The highest BCUT2D eigenvalue weighted by molar-refractivity contribution is 5.48. The Morgan fingerprint density at radius 3 is 2.50 bits per heavy atom. The molecule has 1 aliphatic heterocycles. The first kappa shape index (κ1) is 13.2. The average Bonchev–Trinajstić information content (AvgIpc) is 2.93. The van der Waals surface area contributed by atoms with Gasteiger partial charge in [-0.25, -0.2) is 0 Å². The van der Waals surface area contributed by atoms with E-state index < -0.39 is 0 Å². The van der Waals surface area contributed by atoms with Crippen LogP contribution in [0.15, 0.2) is 18.2 Å². The molecular weight excluding hydrogens is 228 g/mol. The van der Waals surface area contributed by atoms with Crippen LogP contribution in [-0.2, 0) is 0 Å². The van der Waals surface area contributed by atoms with Gasteiger partial charge in [-0.2, -0.15) is 0 Å². The van der Waals surface area contributed by atoms with Gasteiger partial charge in [-0.3, -0.25) is 4.90 Å². The maximum Gasteiger partial charge on any atom is 0.165 e. The topological polar surface area (TPSA) is 47.7 Å². The molecule has 0 aliphatic carbocycles. The third-order valence-corrected chi connectivity index (χ3v) is 3.60. The summed E-state index contributed by atoms with van der Waals surface area (Å²) in [6.07, 6.45) is 2.51. The van der Waals surface area contributed by atoms with Crippen molar-refractivity contribution in [2.75, 3.05) is 33.9 Å². The van der Waals surface area contributed by atoms with Crippen LogP contribution in [0.3, 0.4) is 0 Å². The zero-order valence-corrected chi connectivity index (χ0v) is 11.2. The minimum Gasteiger partial charge on any atom is -0.493 e. The normalized spacial score (nSPS) is 17.7. The Morgan fingerprint density at radius 2 is 1.94 bits per heavy atom. The second-order valence-electron chi connectivity index (χ2n) is 4.58. The molecule has 1 atom stereocenters. The Morgan fingerprint density at radius 1 is 1.22 bits per heavy atom. The highest BCUT2D eigenvalue weighted by Crippen LogP contribution is 2.37. The molecule has 1 aliphatic rings. The molecular formula is C14H22N2O2. The van der Waals surface area contributed by atoms with E-state index in [0.717, 1.165) is 30.2 Å².